The topological polar surface area (TPSA) is 44.1 Å². The fourth-order valence-corrected chi connectivity index (χ4v) is 3.46. The Morgan fingerprint density at radius 3 is 2.60 bits per heavy atom. The summed E-state index contributed by atoms with van der Waals surface area (Å²) in [6.45, 7) is 4.64. The molecule has 0 aliphatic carbocycles. The molecule has 3 aromatic rings. The van der Waals surface area contributed by atoms with Gasteiger partial charge in [-0.15, -0.1) is 0 Å². The minimum absolute atomic E-state index is 0.106. The second-order valence-electron chi connectivity index (χ2n) is 5.55. The number of aromatic nitrogens is 2. The maximum absolute atomic E-state index is 12.7. The molecule has 0 atom stereocenters. The molecule has 5 heteroatoms. The highest BCUT2D eigenvalue weighted by molar-refractivity contribution is 7.98. The van der Waals surface area contributed by atoms with E-state index in [0.717, 1.165) is 17.2 Å². The van der Waals surface area contributed by atoms with Gasteiger partial charge in [-0.05, 0) is 49.2 Å². The average molecular weight is 352 g/mol. The van der Waals surface area contributed by atoms with Gasteiger partial charge in [-0.25, -0.2) is 4.98 Å². The maximum Gasteiger partial charge on any atom is 0.287 e. The highest BCUT2D eigenvalue weighted by Gasteiger charge is 2.08. The van der Waals surface area contributed by atoms with Crippen LogP contribution in [0.4, 0.5) is 0 Å². The summed E-state index contributed by atoms with van der Waals surface area (Å²) in [6, 6.07) is 15.7. The van der Waals surface area contributed by atoms with Crippen molar-refractivity contribution in [3.8, 4) is 11.4 Å². The molecule has 4 nitrogen and oxygen atoms in total. The van der Waals surface area contributed by atoms with E-state index in [4.69, 9.17) is 4.74 Å². The summed E-state index contributed by atoms with van der Waals surface area (Å²) in [5, 5.41) is 0.500. The molecule has 25 heavy (non-hydrogen) atoms. The Kier molecular flexibility index (Phi) is 5.56. The van der Waals surface area contributed by atoms with Crippen molar-refractivity contribution in [3.05, 3.63) is 82.4 Å². The van der Waals surface area contributed by atoms with Crippen molar-refractivity contribution >= 4 is 11.8 Å². The molecule has 0 saturated heterocycles. The summed E-state index contributed by atoms with van der Waals surface area (Å²) < 4.78 is 7.06. The van der Waals surface area contributed by atoms with Crippen molar-refractivity contribution in [1.82, 2.24) is 9.55 Å². The first-order valence-corrected chi connectivity index (χ1v) is 9.16. The van der Waals surface area contributed by atoms with Crippen LogP contribution in [0.1, 0.15) is 18.1 Å². The summed E-state index contributed by atoms with van der Waals surface area (Å²) in [6.07, 6.45) is 3.36. The molecule has 2 aromatic carbocycles. The van der Waals surface area contributed by atoms with Crippen LogP contribution < -0.4 is 10.3 Å². The molecule has 0 unspecified atom stereocenters. The standard InChI is InChI=1S/C20H20N2O2S/c1-3-24-18-10-8-17(9-11-18)22-13-12-21-19(20(22)23)25-14-16-7-5-4-6-15(16)2/h4-13H,3,14H2,1-2H3. The van der Waals surface area contributed by atoms with Gasteiger partial charge in [0.05, 0.1) is 6.61 Å². The van der Waals surface area contributed by atoms with Gasteiger partial charge < -0.3 is 4.74 Å². The largest absolute Gasteiger partial charge is 0.494 e. The Bertz CT molecular complexity index is 904. The van der Waals surface area contributed by atoms with Gasteiger partial charge in [0.2, 0.25) is 0 Å². The second-order valence-corrected chi connectivity index (χ2v) is 6.51. The zero-order chi connectivity index (χ0) is 17.6. The van der Waals surface area contributed by atoms with Crippen LogP contribution in [0.25, 0.3) is 5.69 Å². The SMILES string of the molecule is CCOc1ccc(-n2ccnc(SCc3ccccc3C)c2=O)cc1. The van der Waals surface area contributed by atoms with Crippen LogP contribution in [0.15, 0.2) is 70.7 Å². The van der Waals surface area contributed by atoms with Crippen molar-refractivity contribution in [2.24, 2.45) is 0 Å². The third-order valence-electron chi connectivity index (χ3n) is 3.86. The highest BCUT2D eigenvalue weighted by Crippen LogP contribution is 2.21. The van der Waals surface area contributed by atoms with Crippen LogP contribution in [0.2, 0.25) is 0 Å². The highest BCUT2D eigenvalue weighted by atomic mass is 32.2. The molecule has 0 spiro atoms. The molecule has 0 N–H and O–H groups in total. The van der Waals surface area contributed by atoms with E-state index in [1.54, 1.807) is 17.0 Å². The summed E-state index contributed by atoms with van der Waals surface area (Å²) in [4.78, 5) is 17.0. The predicted molar refractivity (Wildman–Crippen MR) is 102 cm³/mol. The smallest absolute Gasteiger partial charge is 0.287 e. The monoisotopic (exact) mass is 352 g/mol. The first-order chi connectivity index (χ1) is 12.2. The molecule has 0 radical (unpaired) electrons. The van der Waals surface area contributed by atoms with E-state index >= 15 is 0 Å². The Morgan fingerprint density at radius 2 is 1.88 bits per heavy atom. The van der Waals surface area contributed by atoms with Gasteiger partial charge in [0.15, 0.2) is 5.03 Å². The van der Waals surface area contributed by atoms with Crippen LogP contribution in [-0.4, -0.2) is 16.2 Å². The summed E-state index contributed by atoms with van der Waals surface area (Å²) in [5.41, 5.74) is 3.13. The van der Waals surface area contributed by atoms with Gasteiger partial charge in [0, 0.05) is 23.8 Å². The third kappa shape index (κ3) is 4.12. The summed E-state index contributed by atoms with van der Waals surface area (Å²) >= 11 is 1.47. The van der Waals surface area contributed by atoms with Crippen molar-refractivity contribution in [3.63, 3.8) is 0 Å². The summed E-state index contributed by atoms with van der Waals surface area (Å²) in [7, 11) is 0. The lowest BCUT2D eigenvalue weighted by molar-refractivity contribution is 0.340. The van der Waals surface area contributed by atoms with Crippen molar-refractivity contribution < 1.29 is 4.74 Å². The Morgan fingerprint density at radius 1 is 1.12 bits per heavy atom. The lowest BCUT2D eigenvalue weighted by Crippen LogP contribution is -2.20. The van der Waals surface area contributed by atoms with Crippen LogP contribution >= 0.6 is 11.8 Å². The number of nitrogens with zero attached hydrogens (tertiary/aromatic N) is 2. The molecule has 3 rings (SSSR count). The quantitative estimate of drug-likeness (QED) is 0.623. The molecule has 128 valence electrons. The Balaban J connectivity index is 1.82. The average Bonchev–Trinajstić information content (AvgIpc) is 2.63. The van der Waals surface area contributed by atoms with Gasteiger partial charge in [0.25, 0.3) is 5.56 Å². The molecular formula is C20H20N2O2S. The van der Waals surface area contributed by atoms with Crippen molar-refractivity contribution in [2.45, 2.75) is 24.6 Å². The van der Waals surface area contributed by atoms with E-state index in [-0.39, 0.29) is 5.56 Å². The minimum Gasteiger partial charge on any atom is -0.494 e. The fourth-order valence-electron chi connectivity index (χ4n) is 2.48. The maximum atomic E-state index is 12.7. The molecule has 1 heterocycles. The number of benzene rings is 2. The molecule has 0 aliphatic heterocycles. The van der Waals surface area contributed by atoms with E-state index in [9.17, 15) is 4.79 Å². The zero-order valence-electron chi connectivity index (χ0n) is 14.3. The van der Waals surface area contributed by atoms with Gasteiger partial charge in [0.1, 0.15) is 5.75 Å². The number of thioether (sulfide) groups is 1. The first kappa shape index (κ1) is 17.3. The molecular weight excluding hydrogens is 332 g/mol. The normalized spacial score (nSPS) is 10.6. The van der Waals surface area contributed by atoms with Gasteiger partial charge >= 0.3 is 0 Å². The number of rotatable bonds is 6. The number of hydrogen-bond donors (Lipinski definition) is 0. The third-order valence-corrected chi connectivity index (χ3v) is 4.87. The second kappa shape index (κ2) is 8.03. The van der Waals surface area contributed by atoms with E-state index < -0.39 is 0 Å². The van der Waals surface area contributed by atoms with E-state index in [1.807, 2.05) is 43.3 Å². The molecule has 0 aliphatic rings. The Labute approximate surface area is 151 Å². The molecule has 0 bridgehead atoms. The number of ether oxygens (including phenoxy) is 1. The first-order valence-electron chi connectivity index (χ1n) is 8.17. The fraction of sp³-hybridized carbons (Fsp3) is 0.200. The minimum atomic E-state index is -0.106. The lowest BCUT2D eigenvalue weighted by Gasteiger charge is -2.09. The van der Waals surface area contributed by atoms with E-state index in [1.165, 1.54) is 22.9 Å². The van der Waals surface area contributed by atoms with E-state index in [2.05, 4.69) is 24.0 Å². The molecule has 0 amide bonds. The number of hydrogen-bond acceptors (Lipinski definition) is 4. The lowest BCUT2D eigenvalue weighted by atomic mass is 10.1. The van der Waals surface area contributed by atoms with E-state index in [0.29, 0.717) is 11.6 Å². The predicted octanol–water partition coefficient (Wildman–Crippen LogP) is 4.23. The van der Waals surface area contributed by atoms with Crippen LogP contribution in [0.5, 0.6) is 5.75 Å². The zero-order valence-corrected chi connectivity index (χ0v) is 15.1. The summed E-state index contributed by atoms with van der Waals surface area (Å²) in [5.74, 6) is 1.52. The van der Waals surface area contributed by atoms with Gasteiger partial charge in [-0.3, -0.25) is 9.36 Å². The molecule has 0 fully saturated rings. The van der Waals surface area contributed by atoms with Crippen LogP contribution in [0, 0.1) is 6.92 Å². The van der Waals surface area contributed by atoms with Crippen molar-refractivity contribution in [1.29, 1.82) is 0 Å². The molecule has 1 aromatic heterocycles. The molecule has 0 saturated carbocycles. The van der Waals surface area contributed by atoms with Crippen LogP contribution in [0.3, 0.4) is 0 Å². The van der Waals surface area contributed by atoms with Gasteiger partial charge in [-0.2, -0.15) is 0 Å². The Hall–Kier alpha value is -2.53. The number of aryl methyl sites for hydroxylation is 1. The van der Waals surface area contributed by atoms with Crippen molar-refractivity contribution in [2.75, 3.05) is 6.61 Å². The van der Waals surface area contributed by atoms with Gasteiger partial charge in [-0.1, -0.05) is 36.0 Å². The van der Waals surface area contributed by atoms with Crippen LogP contribution in [-0.2, 0) is 5.75 Å².